The number of hydrogen-bond acceptors (Lipinski definition) is 9. The third-order valence-corrected chi connectivity index (χ3v) is 7.19. The zero-order valence-electron chi connectivity index (χ0n) is 23.3. The second-order valence-corrected chi connectivity index (χ2v) is 9.41. The van der Waals surface area contributed by atoms with E-state index in [1.54, 1.807) is 41.4 Å². The maximum absolute atomic E-state index is 13.9. The number of rotatable bonds is 10. The second kappa shape index (κ2) is 12.8. The van der Waals surface area contributed by atoms with E-state index in [9.17, 15) is 9.59 Å². The van der Waals surface area contributed by atoms with Crippen LogP contribution in [0.15, 0.2) is 41.5 Å². The molecule has 0 aromatic heterocycles. The Morgan fingerprint density at radius 1 is 0.923 bits per heavy atom. The van der Waals surface area contributed by atoms with Gasteiger partial charge in [-0.2, -0.15) is 5.10 Å². The summed E-state index contributed by atoms with van der Waals surface area (Å²) in [6, 6.07) is 10.1. The molecule has 2 atom stereocenters. The molecule has 0 saturated carbocycles. The number of carbonyl (C=O) groups is 2. The minimum Gasteiger partial charge on any atom is -0.497 e. The largest absolute Gasteiger partial charge is 0.497 e. The molecule has 2 aliphatic rings. The number of hydrazone groups is 1. The molecule has 4 rings (SSSR count). The number of carbonyl (C=O) groups excluding carboxylic acids is 2. The predicted molar refractivity (Wildman–Crippen MR) is 146 cm³/mol. The minimum atomic E-state index is -0.449. The molecule has 210 valence electrons. The fourth-order valence-corrected chi connectivity index (χ4v) is 5.21. The number of methoxy groups -OCH3 is 4. The first-order valence-corrected chi connectivity index (χ1v) is 13.2. The van der Waals surface area contributed by atoms with Crippen LogP contribution in [0.1, 0.15) is 49.8 Å². The SMILES string of the molecule is CCOC(=O)[C@@H]1CCCCN1CC(=O)N1N=C(c2ccc(OC)cc2OC)C[C@@H]1c1cc(OC)ccc1OC. The number of esters is 1. The van der Waals surface area contributed by atoms with Crippen LogP contribution >= 0.6 is 0 Å². The number of amides is 1. The first kappa shape index (κ1) is 28.2. The first-order chi connectivity index (χ1) is 18.9. The van der Waals surface area contributed by atoms with E-state index in [1.165, 1.54) is 5.01 Å². The number of hydrogen-bond donors (Lipinski definition) is 0. The number of ether oxygens (including phenoxy) is 5. The summed E-state index contributed by atoms with van der Waals surface area (Å²) in [5.41, 5.74) is 2.23. The standard InChI is InChI=1S/C29H37N3O7/c1-6-39-29(34)24-9-7-8-14-31(24)18-28(33)32-25(22-15-19(35-2)11-13-26(22)37-4)17-23(30-32)21-12-10-20(36-3)16-27(21)38-5/h10-13,15-16,24-25H,6-9,14,17-18H2,1-5H3/t24-,25+/m0/s1. The molecular formula is C29H37N3O7. The number of benzene rings is 2. The quantitative estimate of drug-likeness (QED) is 0.421. The predicted octanol–water partition coefficient (Wildman–Crippen LogP) is 3.82. The normalized spacial score (nSPS) is 19.3. The lowest BCUT2D eigenvalue weighted by Crippen LogP contribution is -2.49. The molecule has 10 heteroatoms. The van der Waals surface area contributed by atoms with E-state index in [-0.39, 0.29) is 18.4 Å². The molecule has 39 heavy (non-hydrogen) atoms. The van der Waals surface area contributed by atoms with Gasteiger partial charge >= 0.3 is 5.97 Å². The second-order valence-electron chi connectivity index (χ2n) is 9.41. The third kappa shape index (κ3) is 6.11. The van der Waals surface area contributed by atoms with Gasteiger partial charge in [0.05, 0.1) is 53.3 Å². The Morgan fingerprint density at radius 3 is 2.33 bits per heavy atom. The van der Waals surface area contributed by atoms with E-state index >= 15 is 0 Å². The van der Waals surface area contributed by atoms with Crippen molar-refractivity contribution in [1.82, 2.24) is 9.91 Å². The Hall–Kier alpha value is -3.79. The highest BCUT2D eigenvalue weighted by Crippen LogP contribution is 2.41. The number of piperidine rings is 1. The Bertz CT molecular complexity index is 1220. The van der Waals surface area contributed by atoms with Gasteiger partial charge in [0, 0.05) is 23.6 Å². The molecule has 0 N–H and O–H groups in total. The van der Waals surface area contributed by atoms with Crippen molar-refractivity contribution in [2.24, 2.45) is 5.10 Å². The van der Waals surface area contributed by atoms with Gasteiger partial charge in [-0.15, -0.1) is 0 Å². The lowest BCUT2D eigenvalue weighted by Gasteiger charge is -2.34. The third-order valence-electron chi connectivity index (χ3n) is 7.19. The van der Waals surface area contributed by atoms with Crippen molar-refractivity contribution in [1.29, 1.82) is 0 Å². The lowest BCUT2D eigenvalue weighted by molar-refractivity contribution is -0.152. The highest BCUT2D eigenvalue weighted by molar-refractivity contribution is 6.05. The Balaban J connectivity index is 1.71. The maximum atomic E-state index is 13.9. The van der Waals surface area contributed by atoms with Gasteiger partial charge < -0.3 is 23.7 Å². The van der Waals surface area contributed by atoms with Crippen LogP contribution in [-0.4, -0.2) is 81.7 Å². The van der Waals surface area contributed by atoms with Crippen LogP contribution in [0.4, 0.5) is 0 Å². The van der Waals surface area contributed by atoms with Gasteiger partial charge in [0.2, 0.25) is 0 Å². The summed E-state index contributed by atoms with van der Waals surface area (Å²) >= 11 is 0. The molecule has 2 aromatic carbocycles. The van der Waals surface area contributed by atoms with E-state index < -0.39 is 12.1 Å². The summed E-state index contributed by atoms with van der Waals surface area (Å²) in [5, 5.41) is 6.33. The van der Waals surface area contributed by atoms with Crippen LogP contribution in [0.25, 0.3) is 0 Å². The van der Waals surface area contributed by atoms with Crippen LogP contribution < -0.4 is 18.9 Å². The van der Waals surface area contributed by atoms with Gasteiger partial charge in [0.15, 0.2) is 0 Å². The monoisotopic (exact) mass is 539 g/mol. The smallest absolute Gasteiger partial charge is 0.323 e. The van der Waals surface area contributed by atoms with Crippen LogP contribution in [0.3, 0.4) is 0 Å². The zero-order valence-corrected chi connectivity index (χ0v) is 23.3. The molecule has 1 amide bonds. The fraction of sp³-hybridized carbons (Fsp3) is 0.483. The van der Waals surface area contributed by atoms with E-state index in [0.717, 1.165) is 24.0 Å². The molecule has 1 saturated heterocycles. The van der Waals surface area contributed by atoms with Gasteiger partial charge in [-0.25, -0.2) is 5.01 Å². The fourth-order valence-electron chi connectivity index (χ4n) is 5.21. The minimum absolute atomic E-state index is 0.0444. The average molecular weight is 540 g/mol. The molecule has 2 heterocycles. The Kier molecular flexibility index (Phi) is 9.29. The van der Waals surface area contributed by atoms with Gasteiger partial charge in [0.25, 0.3) is 5.91 Å². The summed E-state index contributed by atoms with van der Waals surface area (Å²) in [7, 11) is 6.37. The van der Waals surface area contributed by atoms with Crippen molar-refractivity contribution in [3.63, 3.8) is 0 Å². The molecule has 0 aliphatic carbocycles. The number of nitrogens with zero attached hydrogens (tertiary/aromatic N) is 3. The molecule has 2 aliphatic heterocycles. The number of likely N-dealkylation sites (tertiary alicyclic amines) is 1. The summed E-state index contributed by atoms with van der Waals surface area (Å²) < 4.78 is 27.4. The van der Waals surface area contributed by atoms with E-state index in [0.29, 0.717) is 54.7 Å². The van der Waals surface area contributed by atoms with E-state index in [1.807, 2.05) is 35.2 Å². The summed E-state index contributed by atoms with van der Waals surface area (Å²) in [6.45, 7) is 2.77. The Morgan fingerprint density at radius 2 is 1.64 bits per heavy atom. The highest BCUT2D eigenvalue weighted by atomic mass is 16.5. The molecule has 0 bridgehead atoms. The summed E-state index contributed by atoms with van der Waals surface area (Å²) in [6.07, 6.45) is 2.92. The van der Waals surface area contributed by atoms with Crippen molar-refractivity contribution < 1.29 is 33.3 Å². The van der Waals surface area contributed by atoms with Crippen molar-refractivity contribution in [2.75, 3.05) is 48.1 Å². The van der Waals surface area contributed by atoms with Gasteiger partial charge in [-0.05, 0) is 56.6 Å². The lowest BCUT2D eigenvalue weighted by atomic mass is 9.96. The maximum Gasteiger partial charge on any atom is 0.323 e. The molecule has 2 aromatic rings. The van der Waals surface area contributed by atoms with Crippen LogP contribution in [0, 0.1) is 0 Å². The highest BCUT2D eigenvalue weighted by Gasteiger charge is 2.38. The Labute approximate surface area is 229 Å². The van der Waals surface area contributed by atoms with Gasteiger partial charge in [-0.1, -0.05) is 6.42 Å². The average Bonchev–Trinajstić information content (AvgIpc) is 3.42. The summed E-state index contributed by atoms with van der Waals surface area (Å²) in [5.74, 6) is 2.01. The van der Waals surface area contributed by atoms with Crippen LogP contribution in [0.5, 0.6) is 23.0 Å². The van der Waals surface area contributed by atoms with Crippen molar-refractivity contribution in [3.8, 4) is 23.0 Å². The van der Waals surface area contributed by atoms with Crippen molar-refractivity contribution >= 4 is 17.6 Å². The topological polar surface area (TPSA) is 99.1 Å². The van der Waals surface area contributed by atoms with Crippen molar-refractivity contribution in [2.45, 2.75) is 44.7 Å². The molecule has 0 radical (unpaired) electrons. The molecule has 0 spiro atoms. The van der Waals surface area contributed by atoms with Gasteiger partial charge in [0.1, 0.15) is 29.0 Å². The van der Waals surface area contributed by atoms with Crippen molar-refractivity contribution in [3.05, 3.63) is 47.5 Å². The van der Waals surface area contributed by atoms with Crippen LogP contribution in [-0.2, 0) is 14.3 Å². The molecule has 0 unspecified atom stereocenters. The molecule has 10 nitrogen and oxygen atoms in total. The van der Waals surface area contributed by atoms with E-state index in [2.05, 4.69) is 0 Å². The first-order valence-electron chi connectivity index (χ1n) is 13.2. The van der Waals surface area contributed by atoms with E-state index in [4.69, 9.17) is 28.8 Å². The molecular weight excluding hydrogens is 502 g/mol. The molecule has 1 fully saturated rings. The van der Waals surface area contributed by atoms with Gasteiger partial charge in [-0.3, -0.25) is 14.5 Å². The summed E-state index contributed by atoms with van der Waals surface area (Å²) in [4.78, 5) is 28.5. The zero-order chi connectivity index (χ0) is 27.9. The van der Waals surface area contributed by atoms with Crippen LogP contribution in [0.2, 0.25) is 0 Å².